The Bertz CT molecular complexity index is 448. The predicted molar refractivity (Wildman–Crippen MR) is 75.2 cm³/mol. The lowest BCUT2D eigenvalue weighted by Gasteiger charge is -2.16. The summed E-state index contributed by atoms with van der Waals surface area (Å²) in [6, 6.07) is 6.93. The molecule has 0 radical (unpaired) electrons. The second-order valence-electron chi connectivity index (χ2n) is 4.21. The quantitative estimate of drug-likeness (QED) is 0.814. The Balaban J connectivity index is 2.70. The lowest BCUT2D eigenvalue weighted by Crippen LogP contribution is -2.32. The molecule has 104 valence electrons. The minimum Gasteiger partial charge on any atom is -0.452 e. The zero-order valence-corrected chi connectivity index (χ0v) is 11.9. The molecule has 5 heteroatoms. The molecule has 4 nitrogen and oxygen atoms in total. The van der Waals surface area contributed by atoms with E-state index in [1.54, 1.807) is 24.3 Å². The van der Waals surface area contributed by atoms with Crippen LogP contribution in [0, 0.1) is 0 Å². The SMILES string of the molecule is CCCCC(OC(C)=O)C(=O)Nc1ccccc1Cl. The second-order valence-corrected chi connectivity index (χ2v) is 4.62. The molecule has 0 saturated carbocycles. The topological polar surface area (TPSA) is 55.4 Å². The van der Waals surface area contributed by atoms with E-state index in [9.17, 15) is 9.59 Å². The highest BCUT2D eigenvalue weighted by Gasteiger charge is 2.21. The van der Waals surface area contributed by atoms with E-state index in [-0.39, 0.29) is 5.91 Å². The van der Waals surface area contributed by atoms with Crippen LogP contribution in [0.15, 0.2) is 24.3 Å². The van der Waals surface area contributed by atoms with Crippen LogP contribution in [0.2, 0.25) is 5.02 Å². The molecular weight excluding hydrogens is 266 g/mol. The molecule has 1 amide bonds. The molecule has 0 aromatic heterocycles. The Morgan fingerprint density at radius 2 is 2.05 bits per heavy atom. The van der Waals surface area contributed by atoms with Crippen LogP contribution in [0.25, 0.3) is 0 Å². The Kier molecular flexibility index (Phi) is 6.36. The molecule has 1 atom stereocenters. The lowest BCUT2D eigenvalue weighted by molar-refractivity contribution is -0.152. The molecule has 1 unspecified atom stereocenters. The number of anilines is 1. The van der Waals surface area contributed by atoms with E-state index in [0.717, 1.165) is 12.8 Å². The molecule has 0 spiro atoms. The van der Waals surface area contributed by atoms with Gasteiger partial charge in [-0.3, -0.25) is 9.59 Å². The number of carbonyl (C=O) groups excluding carboxylic acids is 2. The maximum absolute atomic E-state index is 12.1. The first kappa shape index (κ1) is 15.5. The van der Waals surface area contributed by atoms with Crippen molar-refractivity contribution >= 4 is 29.2 Å². The van der Waals surface area contributed by atoms with Gasteiger partial charge in [0.25, 0.3) is 5.91 Å². The van der Waals surface area contributed by atoms with Crippen LogP contribution < -0.4 is 5.32 Å². The van der Waals surface area contributed by atoms with Gasteiger partial charge in [-0.1, -0.05) is 37.1 Å². The molecular formula is C14H18ClNO3. The van der Waals surface area contributed by atoms with Crippen molar-refractivity contribution in [2.24, 2.45) is 0 Å². The molecule has 0 bridgehead atoms. The van der Waals surface area contributed by atoms with Gasteiger partial charge < -0.3 is 10.1 Å². The number of nitrogens with one attached hydrogen (secondary N) is 1. The molecule has 0 aliphatic heterocycles. The molecule has 1 aromatic rings. The summed E-state index contributed by atoms with van der Waals surface area (Å²) in [4.78, 5) is 23.1. The van der Waals surface area contributed by atoms with Crippen molar-refractivity contribution in [3.05, 3.63) is 29.3 Å². The summed E-state index contributed by atoms with van der Waals surface area (Å²) in [6.45, 7) is 3.30. The van der Waals surface area contributed by atoms with Gasteiger partial charge in [-0.05, 0) is 25.0 Å². The van der Waals surface area contributed by atoms with E-state index in [2.05, 4.69) is 5.32 Å². The van der Waals surface area contributed by atoms with Crippen LogP contribution in [-0.2, 0) is 14.3 Å². The van der Waals surface area contributed by atoms with Crippen molar-refractivity contribution in [3.63, 3.8) is 0 Å². The van der Waals surface area contributed by atoms with Gasteiger partial charge in [0.1, 0.15) is 0 Å². The van der Waals surface area contributed by atoms with Gasteiger partial charge >= 0.3 is 5.97 Å². The summed E-state index contributed by atoms with van der Waals surface area (Å²) in [6.07, 6.45) is 1.48. The van der Waals surface area contributed by atoms with Gasteiger partial charge in [-0.2, -0.15) is 0 Å². The first-order valence-electron chi connectivity index (χ1n) is 6.27. The molecule has 19 heavy (non-hydrogen) atoms. The van der Waals surface area contributed by atoms with Crippen molar-refractivity contribution in [2.45, 2.75) is 39.2 Å². The van der Waals surface area contributed by atoms with Gasteiger partial charge in [-0.15, -0.1) is 0 Å². The summed E-state index contributed by atoms with van der Waals surface area (Å²) in [7, 11) is 0. The third-order valence-corrected chi connectivity index (χ3v) is 2.88. The minimum absolute atomic E-state index is 0.350. The number of carbonyl (C=O) groups is 2. The second kappa shape index (κ2) is 7.79. The standard InChI is InChI=1S/C14H18ClNO3/c1-3-4-9-13(19-10(2)17)14(18)16-12-8-6-5-7-11(12)15/h5-8,13H,3-4,9H2,1-2H3,(H,16,18). The van der Waals surface area contributed by atoms with Gasteiger partial charge in [-0.25, -0.2) is 0 Å². The zero-order chi connectivity index (χ0) is 14.3. The molecule has 0 heterocycles. The van der Waals surface area contributed by atoms with Gasteiger partial charge in [0.15, 0.2) is 6.10 Å². The lowest BCUT2D eigenvalue weighted by atomic mass is 10.1. The number of esters is 1. The molecule has 1 N–H and O–H groups in total. The third kappa shape index (κ3) is 5.30. The molecule has 1 aromatic carbocycles. The van der Waals surface area contributed by atoms with Crippen LogP contribution in [-0.4, -0.2) is 18.0 Å². The highest BCUT2D eigenvalue weighted by molar-refractivity contribution is 6.33. The van der Waals surface area contributed by atoms with E-state index < -0.39 is 12.1 Å². The third-order valence-electron chi connectivity index (χ3n) is 2.55. The fourth-order valence-corrected chi connectivity index (χ4v) is 1.79. The van der Waals surface area contributed by atoms with Crippen molar-refractivity contribution < 1.29 is 14.3 Å². The number of hydrogen-bond acceptors (Lipinski definition) is 3. The Labute approximate surface area is 118 Å². The predicted octanol–water partition coefficient (Wildman–Crippen LogP) is 3.40. The van der Waals surface area contributed by atoms with E-state index in [1.807, 2.05) is 6.92 Å². The number of rotatable bonds is 6. The van der Waals surface area contributed by atoms with Crippen molar-refractivity contribution in [3.8, 4) is 0 Å². The molecule has 0 fully saturated rings. The monoisotopic (exact) mass is 283 g/mol. The maximum atomic E-state index is 12.1. The zero-order valence-electron chi connectivity index (χ0n) is 11.1. The number of hydrogen-bond donors (Lipinski definition) is 1. The molecule has 0 aliphatic carbocycles. The van der Waals surface area contributed by atoms with E-state index >= 15 is 0 Å². The van der Waals surface area contributed by atoms with Crippen molar-refractivity contribution in [2.75, 3.05) is 5.32 Å². The van der Waals surface area contributed by atoms with Crippen LogP contribution in [0.1, 0.15) is 33.1 Å². The molecule has 1 rings (SSSR count). The highest BCUT2D eigenvalue weighted by Crippen LogP contribution is 2.21. The van der Waals surface area contributed by atoms with E-state index in [0.29, 0.717) is 17.1 Å². The average molecular weight is 284 g/mol. The van der Waals surface area contributed by atoms with Crippen molar-refractivity contribution in [1.82, 2.24) is 0 Å². The van der Waals surface area contributed by atoms with Crippen molar-refractivity contribution in [1.29, 1.82) is 0 Å². The normalized spacial score (nSPS) is 11.7. The first-order chi connectivity index (χ1) is 9.04. The summed E-state index contributed by atoms with van der Waals surface area (Å²) in [5.74, 6) is -0.813. The summed E-state index contributed by atoms with van der Waals surface area (Å²) < 4.78 is 5.03. The Hall–Kier alpha value is -1.55. The average Bonchev–Trinajstić information content (AvgIpc) is 2.36. The molecule has 0 aliphatic rings. The number of para-hydroxylation sites is 1. The summed E-state index contributed by atoms with van der Waals surface area (Å²) in [5, 5.41) is 3.13. The molecule has 0 saturated heterocycles. The smallest absolute Gasteiger partial charge is 0.303 e. The summed E-state index contributed by atoms with van der Waals surface area (Å²) >= 11 is 5.96. The maximum Gasteiger partial charge on any atom is 0.303 e. The number of ether oxygens (including phenoxy) is 1. The first-order valence-corrected chi connectivity index (χ1v) is 6.65. The van der Waals surface area contributed by atoms with E-state index in [1.165, 1.54) is 6.92 Å². The van der Waals surface area contributed by atoms with Gasteiger partial charge in [0, 0.05) is 6.92 Å². The highest BCUT2D eigenvalue weighted by atomic mass is 35.5. The van der Waals surface area contributed by atoms with Gasteiger partial charge in [0.2, 0.25) is 0 Å². The van der Waals surface area contributed by atoms with Crippen LogP contribution in [0.3, 0.4) is 0 Å². The van der Waals surface area contributed by atoms with Crippen LogP contribution in [0.4, 0.5) is 5.69 Å². The summed E-state index contributed by atoms with van der Waals surface area (Å²) in [5.41, 5.74) is 0.516. The number of amides is 1. The fourth-order valence-electron chi connectivity index (χ4n) is 1.61. The Morgan fingerprint density at radius 3 is 2.63 bits per heavy atom. The number of halogens is 1. The number of unbranched alkanes of at least 4 members (excludes halogenated alkanes) is 1. The number of benzene rings is 1. The van der Waals surface area contributed by atoms with Gasteiger partial charge in [0.05, 0.1) is 10.7 Å². The largest absolute Gasteiger partial charge is 0.452 e. The van der Waals surface area contributed by atoms with Crippen LogP contribution in [0.5, 0.6) is 0 Å². The fraction of sp³-hybridized carbons (Fsp3) is 0.429. The van der Waals surface area contributed by atoms with E-state index in [4.69, 9.17) is 16.3 Å². The van der Waals surface area contributed by atoms with Crippen LogP contribution >= 0.6 is 11.6 Å². The Morgan fingerprint density at radius 1 is 1.37 bits per heavy atom. The minimum atomic E-state index is -0.770.